The molecule has 0 N–H and O–H groups in total. The van der Waals surface area contributed by atoms with Gasteiger partial charge in [-0.1, -0.05) is 66.7 Å². The van der Waals surface area contributed by atoms with Gasteiger partial charge in [-0.15, -0.1) is 0 Å². The summed E-state index contributed by atoms with van der Waals surface area (Å²) >= 11 is 0. The van der Waals surface area contributed by atoms with Gasteiger partial charge in [-0.3, -0.25) is 0 Å². The van der Waals surface area contributed by atoms with Crippen molar-refractivity contribution in [3.63, 3.8) is 0 Å². The molecular formula is C30H22N3+. The van der Waals surface area contributed by atoms with E-state index in [0.29, 0.717) is 5.69 Å². The Morgan fingerprint density at radius 2 is 1.55 bits per heavy atom. The Hall–Kier alpha value is -4.42. The van der Waals surface area contributed by atoms with Gasteiger partial charge in [0.25, 0.3) is 0 Å². The number of fused-ring (bicyclic) bond motifs is 4. The van der Waals surface area contributed by atoms with Gasteiger partial charge in [0.05, 0.1) is 23.0 Å². The van der Waals surface area contributed by atoms with Gasteiger partial charge in [0, 0.05) is 22.7 Å². The number of hydrogen-bond acceptors (Lipinski definition) is 0. The predicted octanol–water partition coefficient (Wildman–Crippen LogP) is 7.29. The van der Waals surface area contributed by atoms with Crippen molar-refractivity contribution in [3.05, 3.63) is 114 Å². The topological polar surface area (TPSA) is 13.2 Å². The highest BCUT2D eigenvalue weighted by Crippen LogP contribution is 2.36. The standard InChI is InChI=1S/C30H22N3/c1-20-16-21-10-9-14-27(31-2)25(21)17-24(20)29-18-30-26(19-32(29)3)23-13-7-8-15-28(23)33(30)22-11-5-4-6-12-22/h4-19H,1,3H3/q+1. The van der Waals surface area contributed by atoms with Crippen LogP contribution in [0.5, 0.6) is 0 Å². The first-order valence-corrected chi connectivity index (χ1v) is 11.0. The van der Waals surface area contributed by atoms with E-state index in [-0.39, 0.29) is 0 Å². The van der Waals surface area contributed by atoms with Gasteiger partial charge < -0.3 is 4.57 Å². The number of para-hydroxylation sites is 2. The molecule has 3 nitrogen and oxygen atoms in total. The van der Waals surface area contributed by atoms with Crippen molar-refractivity contribution >= 4 is 38.3 Å². The van der Waals surface area contributed by atoms with E-state index in [0.717, 1.165) is 27.7 Å². The monoisotopic (exact) mass is 424 g/mol. The Bertz CT molecular complexity index is 1730. The maximum Gasteiger partial charge on any atom is 0.214 e. The molecule has 0 spiro atoms. The van der Waals surface area contributed by atoms with Gasteiger partial charge in [-0.2, -0.15) is 0 Å². The second-order valence-corrected chi connectivity index (χ2v) is 8.53. The number of hydrogen-bond donors (Lipinski definition) is 0. The van der Waals surface area contributed by atoms with E-state index in [1.165, 1.54) is 27.4 Å². The highest BCUT2D eigenvalue weighted by atomic mass is 15.0. The van der Waals surface area contributed by atoms with Gasteiger partial charge in [0.2, 0.25) is 5.69 Å². The Labute approximate surface area is 192 Å². The third kappa shape index (κ3) is 2.92. The number of benzene rings is 4. The molecule has 0 amide bonds. The molecule has 33 heavy (non-hydrogen) atoms. The number of pyridine rings is 1. The summed E-state index contributed by atoms with van der Waals surface area (Å²) in [5.41, 5.74) is 7.68. The molecule has 0 aliphatic heterocycles. The van der Waals surface area contributed by atoms with E-state index in [2.05, 4.69) is 113 Å². The minimum atomic E-state index is 0.691. The first kappa shape index (κ1) is 19.3. The third-order valence-electron chi connectivity index (χ3n) is 6.54. The quantitative estimate of drug-likeness (QED) is 0.205. The fraction of sp³-hybridized carbons (Fsp3) is 0.0667. The molecular weight excluding hydrogens is 402 g/mol. The van der Waals surface area contributed by atoms with Gasteiger partial charge in [-0.25, -0.2) is 9.41 Å². The highest BCUT2D eigenvalue weighted by molar-refractivity contribution is 6.09. The Kier molecular flexibility index (Phi) is 4.28. The molecule has 156 valence electrons. The summed E-state index contributed by atoms with van der Waals surface area (Å²) in [6.45, 7) is 9.76. The average Bonchev–Trinajstić information content (AvgIpc) is 3.16. The number of nitrogens with zero attached hydrogens (tertiary/aromatic N) is 3. The summed E-state index contributed by atoms with van der Waals surface area (Å²) < 4.78 is 4.55. The fourth-order valence-corrected chi connectivity index (χ4v) is 4.98. The van der Waals surface area contributed by atoms with E-state index in [1.807, 2.05) is 12.1 Å². The van der Waals surface area contributed by atoms with Crippen molar-refractivity contribution in [1.29, 1.82) is 0 Å². The lowest BCUT2D eigenvalue weighted by atomic mass is 9.97. The first-order valence-electron chi connectivity index (χ1n) is 11.0. The van der Waals surface area contributed by atoms with Crippen LogP contribution in [0.3, 0.4) is 0 Å². The molecule has 3 heteroatoms. The predicted molar refractivity (Wildman–Crippen MR) is 136 cm³/mol. The highest BCUT2D eigenvalue weighted by Gasteiger charge is 2.21. The van der Waals surface area contributed by atoms with Crippen molar-refractivity contribution in [2.24, 2.45) is 7.05 Å². The number of aryl methyl sites for hydroxylation is 2. The molecule has 2 heterocycles. The molecule has 0 saturated carbocycles. The SMILES string of the molecule is [C-]#[N+]c1cccc2cc(C)c(-c3cc4c(c[n+]3C)c3ccccc3n4-c3ccccc3)cc12. The molecule has 0 aliphatic rings. The van der Waals surface area contributed by atoms with Crippen LogP contribution >= 0.6 is 0 Å². The summed E-state index contributed by atoms with van der Waals surface area (Å²) in [7, 11) is 2.10. The van der Waals surface area contributed by atoms with Crippen molar-refractivity contribution in [1.82, 2.24) is 4.57 Å². The van der Waals surface area contributed by atoms with Crippen LogP contribution in [0, 0.1) is 13.5 Å². The lowest BCUT2D eigenvalue weighted by molar-refractivity contribution is -0.659. The van der Waals surface area contributed by atoms with Crippen LogP contribution in [-0.2, 0) is 7.05 Å². The van der Waals surface area contributed by atoms with Crippen molar-refractivity contribution in [2.45, 2.75) is 6.92 Å². The second-order valence-electron chi connectivity index (χ2n) is 8.53. The van der Waals surface area contributed by atoms with Crippen LogP contribution < -0.4 is 4.57 Å². The summed E-state index contributed by atoms with van der Waals surface area (Å²) in [5, 5.41) is 4.56. The normalized spacial score (nSPS) is 11.3. The van der Waals surface area contributed by atoms with E-state index in [1.54, 1.807) is 0 Å². The maximum atomic E-state index is 7.61. The molecule has 0 radical (unpaired) electrons. The third-order valence-corrected chi connectivity index (χ3v) is 6.54. The van der Waals surface area contributed by atoms with E-state index >= 15 is 0 Å². The van der Waals surface area contributed by atoms with Crippen LogP contribution in [0.2, 0.25) is 0 Å². The van der Waals surface area contributed by atoms with Crippen molar-refractivity contribution < 1.29 is 4.57 Å². The minimum Gasteiger partial charge on any atom is -0.309 e. The van der Waals surface area contributed by atoms with Crippen LogP contribution in [0.15, 0.2) is 97.2 Å². The second kappa shape index (κ2) is 7.32. The largest absolute Gasteiger partial charge is 0.309 e. The molecule has 2 aromatic heterocycles. The average molecular weight is 425 g/mol. The Balaban J connectivity index is 1.71. The smallest absolute Gasteiger partial charge is 0.214 e. The lowest BCUT2D eigenvalue weighted by Gasteiger charge is -2.10. The molecule has 6 rings (SSSR count). The van der Waals surface area contributed by atoms with E-state index in [4.69, 9.17) is 6.57 Å². The first-order chi connectivity index (χ1) is 16.2. The zero-order chi connectivity index (χ0) is 22.5. The minimum absolute atomic E-state index is 0.691. The lowest BCUT2D eigenvalue weighted by Crippen LogP contribution is -2.30. The zero-order valence-corrected chi connectivity index (χ0v) is 18.6. The molecule has 4 aromatic carbocycles. The van der Waals surface area contributed by atoms with Crippen molar-refractivity contribution in [2.75, 3.05) is 0 Å². The van der Waals surface area contributed by atoms with Gasteiger partial charge >= 0.3 is 0 Å². The molecule has 0 aliphatic carbocycles. The number of rotatable bonds is 2. The fourth-order valence-electron chi connectivity index (χ4n) is 4.98. The molecule has 0 bridgehead atoms. The summed E-state index contributed by atoms with van der Waals surface area (Å²) in [6, 6.07) is 31.7. The van der Waals surface area contributed by atoms with Crippen LogP contribution in [0.1, 0.15) is 5.56 Å². The molecule has 0 saturated heterocycles. The van der Waals surface area contributed by atoms with Gasteiger partial charge in [0.15, 0.2) is 11.9 Å². The van der Waals surface area contributed by atoms with Gasteiger partial charge in [0.1, 0.15) is 7.05 Å². The number of aromatic nitrogens is 2. The Morgan fingerprint density at radius 3 is 2.36 bits per heavy atom. The summed E-state index contributed by atoms with van der Waals surface area (Å²) in [5.74, 6) is 0. The van der Waals surface area contributed by atoms with Crippen LogP contribution in [-0.4, -0.2) is 4.57 Å². The van der Waals surface area contributed by atoms with Crippen LogP contribution in [0.4, 0.5) is 5.69 Å². The van der Waals surface area contributed by atoms with Crippen molar-refractivity contribution in [3.8, 4) is 16.9 Å². The van der Waals surface area contributed by atoms with Gasteiger partial charge in [-0.05, 0) is 41.5 Å². The molecule has 6 aromatic rings. The Morgan fingerprint density at radius 1 is 0.758 bits per heavy atom. The van der Waals surface area contributed by atoms with E-state index < -0.39 is 0 Å². The summed E-state index contributed by atoms with van der Waals surface area (Å²) in [6.07, 6.45) is 2.23. The van der Waals surface area contributed by atoms with E-state index in [9.17, 15) is 0 Å². The van der Waals surface area contributed by atoms with Crippen LogP contribution in [0.25, 0.3) is 54.4 Å². The molecule has 0 atom stereocenters. The summed E-state index contributed by atoms with van der Waals surface area (Å²) in [4.78, 5) is 3.76. The molecule has 0 fully saturated rings. The molecule has 0 unspecified atom stereocenters. The maximum absolute atomic E-state index is 7.61. The zero-order valence-electron chi connectivity index (χ0n) is 18.6.